The first-order valence-corrected chi connectivity index (χ1v) is 7.35. The van der Waals surface area contributed by atoms with E-state index in [1.54, 1.807) is 0 Å². The zero-order valence-corrected chi connectivity index (χ0v) is 13.4. The molecule has 0 saturated heterocycles. The van der Waals surface area contributed by atoms with Gasteiger partial charge >= 0.3 is 0 Å². The molecule has 108 valence electrons. The summed E-state index contributed by atoms with van der Waals surface area (Å²) in [7, 11) is 0. The van der Waals surface area contributed by atoms with Crippen LogP contribution in [0, 0.1) is 39.5 Å². The molecule has 1 aromatic rings. The van der Waals surface area contributed by atoms with E-state index in [9.17, 15) is 0 Å². The predicted octanol–water partition coefficient (Wildman–Crippen LogP) is 3.24. The van der Waals surface area contributed by atoms with Crippen molar-refractivity contribution in [1.82, 2.24) is 5.32 Å². The monoisotopic (exact) mass is 262 g/mol. The first kappa shape index (κ1) is 16.2. The molecule has 0 saturated carbocycles. The standard InChI is InChI=1S/C17H30N2/c1-11(2)16(8-18)9-19-10-17-14(5)12(3)7-13(4)15(17)6/h7,11,16,19H,8-10,18H2,1-6H3. The average Bonchev–Trinajstić information content (AvgIpc) is 2.35. The van der Waals surface area contributed by atoms with Gasteiger partial charge in [0.05, 0.1) is 0 Å². The highest BCUT2D eigenvalue weighted by molar-refractivity contribution is 5.43. The maximum absolute atomic E-state index is 5.82. The second-order valence-electron chi connectivity index (χ2n) is 6.11. The lowest BCUT2D eigenvalue weighted by Gasteiger charge is -2.21. The molecule has 0 spiro atoms. The van der Waals surface area contributed by atoms with Crippen LogP contribution in [0.4, 0.5) is 0 Å². The van der Waals surface area contributed by atoms with E-state index in [1.807, 2.05) is 0 Å². The van der Waals surface area contributed by atoms with Gasteiger partial charge in [0.2, 0.25) is 0 Å². The molecule has 1 atom stereocenters. The van der Waals surface area contributed by atoms with Gasteiger partial charge in [-0.1, -0.05) is 19.9 Å². The van der Waals surface area contributed by atoms with Gasteiger partial charge in [0, 0.05) is 6.54 Å². The Hall–Kier alpha value is -0.860. The molecule has 0 amide bonds. The van der Waals surface area contributed by atoms with Crippen LogP contribution < -0.4 is 11.1 Å². The molecule has 0 aliphatic carbocycles. The van der Waals surface area contributed by atoms with Crippen LogP contribution in [-0.2, 0) is 6.54 Å². The van der Waals surface area contributed by atoms with Crippen LogP contribution in [0.2, 0.25) is 0 Å². The van der Waals surface area contributed by atoms with Crippen molar-refractivity contribution in [3.8, 4) is 0 Å². The molecule has 2 nitrogen and oxygen atoms in total. The van der Waals surface area contributed by atoms with Crippen LogP contribution in [0.3, 0.4) is 0 Å². The summed E-state index contributed by atoms with van der Waals surface area (Å²) in [5.41, 5.74) is 12.9. The van der Waals surface area contributed by atoms with E-state index in [1.165, 1.54) is 27.8 Å². The number of nitrogens with two attached hydrogens (primary N) is 1. The van der Waals surface area contributed by atoms with Crippen LogP contribution in [0.1, 0.15) is 41.7 Å². The fourth-order valence-electron chi connectivity index (χ4n) is 2.54. The zero-order chi connectivity index (χ0) is 14.6. The second kappa shape index (κ2) is 7.06. The lowest BCUT2D eigenvalue weighted by molar-refractivity contribution is 0.370. The van der Waals surface area contributed by atoms with Gasteiger partial charge in [-0.05, 0) is 80.4 Å². The molecule has 0 radical (unpaired) electrons. The van der Waals surface area contributed by atoms with Crippen LogP contribution >= 0.6 is 0 Å². The number of nitrogens with one attached hydrogen (secondary N) is 1. The second-order valence-corrected chi connectivity index (χ2v) is 6.11. The predicted molar refractivity (Wildman–Crippen MR) is 84.5 cm³/mol. The highest BCUT2D eigenvalue weighted by Gasteiger charge is 2.12. The van der Waals surface area contributed by atoms with E-state index in [0.717, 1.165) is 19.6 Å². The summed E-state index contributed by atoms with van der Waals surface area (Å²) in [6.07, 6.45) is 0. The third-order valence-electron chi connectivity index (χ3n) is 4.48. The molecular weight excluding hydrogens is 232 g/mol. The summed E-state index contributed by atoms with van der Waals surface area (Å²) in [4.78, 5) is 0. The maximum atomic E-state index is 5.82. The first-order valence-electron chi connectivity index (χ1n) is 7.35. The summed E-state index contributed by atoms with van der Waals surface area (Å²) in [5.74, 6) is 1.20. The van der Waals surface area contributed by atoms with Crippen LogP contribution in [0.5, 0.6) is 0 Å². The van der Waals surface area contributed by atoms with E-state index in [4.69, 9.17) is 5.73 Å². The molecule has 3 N–H and O–H groups in total. The summed E-state index contributed by atoms with van der Waals surface area (Å²) >= 11 is 0. The lowest BCUT2D eigenvalue weighted by Crippen LogP contribution is -2.31. The topological polar surface area (TPSA) is 38.0 Å². The first-order chi connectivity index (χ1) is 8.88. The normalized spacial score (nSPS) is 13.1. The molecule has 1 aromatic carbocycles. The summed E-state index contributed by atoms with van der Waals surface area (Å²) < 4.78 is 0. The van der Waals surface area contributed by atoms with Gasteiger partial charge in [-0.2, -0.15) is 0 Å². The molecule has 19 heavy (non-hydrogen) atoms. The molecule has 0 heterocycles. The van der Waals surface area contributed by atoms with E-state index in [0.29, 0.717) is 11.8 Å². The number of aryl methyl sites for hydroxylation is 2. The van der Waals surface area contributed by atoms with Crippen molar-refractivity contribution in [2.75, 3.05) is 13.1 Å². The molecule has 1 unspecified atom stereocenters. The minimum atomic E-state index is 0.562. The van der Waals surface area contributed by atoms with E-state index < -0.39 is 0 Å². The summed E-state index contributed by atoms with van der Waals surface area (Å²) in [5, 5.41) is 3.59. The van der Waals surface area contributed by atoms with Crippen molar-refractivity contribution in [3.05, 3.63) is 33.9 Å². The van der Waals surface area contributed by atoms with Gasteiger partial charge < -0.3 is 11.1 Å². The molecule has 0 aliphatic rings. The van der Waals surface area contributed by atoms with Gasteiger partial charge in [0.1, 0.15) is 0 Å². The van der Waals surface area contributed by atoms with Gasteiger partial charge in [-0.3, -0.25) is 0 Å². The third-order valence-corrected chi connectivity index (χ3v) is 4.48. The molecule has 0 fully saturated rings. The SMILES string of the molecule is Cc1cc(C)c(C)c(CNCC(CN)C(C)C)c1C. The fourth-order valence-corrected chi connectivity index (χ4v) is 2.54. The Morgan fingerprint density at radius 3 is 2.00 bits per heavy atom. The highest BCUT2D eigenvalue weighted by atomic mass is 14.9. The van der Waals surface area contributed by atoms with Crippen molar-refractivity contribution >= 4 is 0 Å². The van der Waals surface area contributed by atoms with Crippen molar-refractivity contribution in [1.29, 1.82) is 0 Å². The Balaban J connectivity index is 2.73. The van der Waals surface area contributed by atoms with Crippen molar-refractivity contribution in [2.24, 2.45) is 17.6 Å². The Labute approximate surface area is 118 Å². The van der Waals surface area contributed by atoms with E-state index in [-0.39, 0.29) is 0 Å². The number of rotatable bonds is 6. The molecule has 0 bridgehead atoms. The number of hydrogen-bond donors (Lipinski definition) is 2. The van der Waals surface area contributed by atoms with Crippen LogP contribution in [-0.4, -0.2) is 13.1 Å². The average molecular weight is 262 g/mol. The Bertz CT molecular complexity index is 396. The molecular formula is C17H30N2. The smallest absolute Gasteiger partial charge is 0.0211 e. The molecule has 1 rings (SSSR count). The van der Waals surface area contributed by atoms with Crippen LogP contribution in [0.15, 0.2) is 6.07 Å². The zero-order valence-electron chi connectivity index (χ0n) is 13.4. The Kier molecular flexibility index (Phi) is 6.02. The van der Waals surface area contributed by atoms with Gasteiger partial charge in [-0.25, -0.2) is 0 Å². The Morgan fingerprint density at radius 1 is 1.05 bits per heavy atom. The van der Waals surface area contributed by atoms with E-state index >= 15 is 0 Å². The van der Waals surface area contributed by atoms with Crippen LogP contribution in [0.25, 0.3) is 0 Å². The molecule has 0 aliphatic heterocycles. The molecule has 0 aromatic heterocycles. The Morgan fingerprint density at radius 2 is 1.58 bits per heavy atom. The van der Waals surface area contributed by atoms with Gasteiger partial charge in [0.25, 0.3) is 0 Å². The van der Waals surface area contributed by atoms with Gasteiger partial charge in [-0.15, -0.1) is 0 Å². The largest absolute Gasteiger partial charge is 0.330 e. The minimum absolute atomic E-state index is 0.562. The van der Waals surface area contributed by atoms with Crippen molar-refractivity contribution < 1.29 is 0 Å². The fraction of sp³-hybridized carbons (Fsp3) is 0.647. The summed E-state index contributed by atoms with van der Waals surface area (Å²) in [6.45, 7) is 16.0. The van der Waals surface area contributed by atoms with E-state index in [2.05, 4.69) is 52.9 Å². The quantitative estimate of drug-likeness (QED) is 0.826. The molecule has 2 heteroatoms. The van der Waals surface area contributed by atoms with Crippen molar-refractivity contribution in [3.63, 3.8) is 0 Å². The number of hydrogen-bond acceptors (Lipinski definition) is 2. The van der Waals surface area contributed by atoms with Gasteiger partial charge in [0.15, 0.2) is 0 Å². The highest BCUT2D eigenvalue weighted by Crippen LogP contribution is 2.21. The summed E-state index contributed by atoms with van der Waals surface area (Å²) in [6, 6.07) is 2.28. The van der Waals surface area contributed by atoms with Crippen molar-refractivity contribution in [2.45, 2.75) is 48.1 Å². The lowest BCUT2D eigenvalue weighted by atomic mass is 9.93. The minimum Gasteiger partial charge on any atom is -0.330 e. The maximum Gasteiger partial charge on any atom is 0.0211 e. The third kappa shape index (κ3) is 4.05. The number of benzene rings is 1.